The smallest absolute Gasteiger partial charge is 0.306 e. The molecule has 0 aliphatic heterocycles. The van der Waals surface area contributed by atoms with Crippen molar-refractivity contribution < 1.29 is 9.90 Å². The third kappa shape index (κ3) is 7.49. The molecule has 0 aliphatic carbocycles. The highest BCUT2D eigenvalue weighted by atomic mass is 16.4. The molecule has 94 valence electrons. The topological polar surface area (TPSA) is 37.3 Å². The lowest BCUT2D eigenvalue weighted by atomic mass is 9.92. The number of carbonyl (C=O) groups is 1. The van der Waals surface area contributed by atoms with Crippen molar-refractivity contribution >= 4 is 5.97 Å². The van der Waals surface area contributed by atoms with Crippen molar-refractivity contribution in [1.82, 2.24) is 0 Å². The Hall–Kier alpha value is -0.790. The number of hydrogen-bond donors (Lipinski definition) is 1. The predicted molar refractivity (Wildman–Crippen MR) is 68.5 cm³/mol. The van der Waals surface area contributed by atoms with Crippen LogP contribution in [0.1, 0.15) is 59.8 Å². The van der Waals surface area contributed by atoms with Gasteiger partial charge in [0.15, 0.2) is 0 Å². The van der Waals surface area contributed by atoms with Crippen LogP contribution < -0.4 is 0 Å². The zero-order valence-corrected chi connectivity index (χ0v) is 11.1. The molecule has 1 N–H and O–H groups in total. The van der Waals surface area contributed by atoms with Gasteiger partial charge in [-0.15, -0.1) is 0 Å². The Balaban J connectivity index is 3.75. The van der Waals surface area contributed by atoms with Gasteiger partial charge in [0.05, 0.1) is 5.92 Å². The molecular formula is C14H26O2. The maximum atomic E-state index is 10.8. The lowest BCUT2D eigenvalue weighted by Gasteiger charge is -2.13. The average Bonchev–Trinajstić information content (AvgIpc) is 2.17. The van der Waals surface area contributed by atoms with Gasteiger partial charge in [0.1, 0.15) is 0 Å². The molecule has 2 atom stereocenters. The Kier molecular flexibility index (Phi) is 7.96. The molecule has 2 heteroatoms. The Morgan fingerprint density at radius 3 is 2.31 bits per heavy atom. The van der Waals surface area contributed by atoms with E-state index in [-0.39, 0.29) is 5.92 Å². The number of carboxylic acids is 1. The van der Waals surface area contributed by atoms with Gasteiger partial charge in [0, 0.05) is 0 Å². The van der Waals surface area contributed by atoms with Crippen LogP contribution in [0.3, 0.4) is 0 Å². The van der Waals surface area contributed by atoms with Crippen LogP contribution in [0.15, 0.2) is 11.6 Å². The molecule has 0 aromatic carbocycles. The molecule has 2 unspecified atom stereocenters. The van der Waals surface area contributed by atoms with Crippen molar-refractivity contribution in [1.29, 1.82) is 0 Å². The number of hydrogen-bond acceptors (Lipinski definition) is 1. The van der Waals surface area contributed by atoms with Crippen molar-refractivity contribution in [3.63, 3.8) is 0 Å². The van der Waals surface area contributed by atoms with E-state index in [1.807, 2.05) is 6.92 Å². The van der Waals surface area contributed by atoms with Crippen LogP contribution in [-0.2, 0) is 4.79 Å². The fraction of sp³-hybridized carbons (Fsp3) is 0.786. The summed E-state index contributed by atoms with van der Waals surface area (Å²) >= 11 is 0. The number of carboxylic acid groups (broad SMARTS) is 1. The Labute approximate surface area is 99.7 Å². The van der Waals surface area contributed by atoms with Gasteiger partial charge in [-0.25, -0.2) is 0 Å². The molecule has 0 heterocycles. The molecule has 0 radical (unpaired) electrons. The second-order valence-electron chi connectivity index (χ2n) is 4.98. The van der Waals surface area contributed by atoms with Gasteiger partial charge in [0.25, 0.3) is 0 Å². The quantitative estimate of drug-likeness (QED) is 0.628. The van der Waals surface area contributed by atoms with Crippen molar-refractivity contribution in [3.8, 4) is 0 Å². The maximum absolute atomic E-state index is 10.8. The van der Waals surface area contributed by atoms with E-state index in [4.69, 9.17) is 5.11 Å². The van der Waals surface area contributed by atoms with Crippen LogP contribution in [0.5, 0.6) is 0 Å². The number of allylic oxidation sites excluding steroid dienone is 2. The van der Waals surface area contributed by atoms with E-state index in [1.165, 1.54) is 12.0 Å². The highest BCUT2D eigenvalue weighted by Crippen LogP contribution is 2.19. The van der Waals surface area contributed by atoms with Crippen molar-refractivity contribution in [2.45, 2.75) is 59.8 Å². The van der Waals surface area contributed by atoms with Gasteiger partial charge in [-0.05, 0) is 51.9 Å². The molecule has 0 amide bonds. The first-order valence-electron chi connectivity index (χ1n) is 6.33. The van der Waals surface area contributed by atoms with Gasteiger partial charge in [0.2, 0.25) is 0 Å². The lowest BCUT2D eigenvalue weighted by Crippen LogP contribution is -2.13. The van der Waals surface area contributed by atoms with Crippen LogP contribution in [-0.4, -0.2) is 11.1 Å². The van der Waals surface area contributed by atoms with Crippen molar-refractivity contribution in [3.05, 3.63) is 11.6 Å². The van der Waals surface area contributed by atoms with Gasteiger partial charge in [-0.3, -0.25) is 4.79 Å². The van der Waals surface area contributed by atoms with Gasteiger partial charge in [-0.2, -0.15) is 0 Å². The Bertz CT molecular complexity index is 227. The Morgan fingerprint density at radius 2 is 1.88 bits per heavy atom. The normalized spacial score (nSPS) is 14.2. The SMILES string of the molecule is CCC(CCC(C)CCC=C(C)C)C(=O)O. The summed E-state index contributed by atoms with van der Waals surface area (Å²) in [6.45, 7) is 8.39. The van der Waals surface area contributed by atoms with Crippen LogP contribution in [0.4, 0.5) is 0 Å². The monoisotopic (exact) mass is 226 g/mol. The molecule has 0 saturated carbocycles. The van der Waals surface area contributed by atoms with Crippen LogP contribution in [0.2, 0.25) is 0 Å². The first kappa shape index (κ1) is 15.2. The van der Waals surface area contributed by atoms with Crippen molar-refractivity contribution in [2.24, 2.45) is 11.8 Å². The van der Waals surface area contributed by atoms with Gasteiger partial charge >= 0.3 is 5.97 Å². The third-order valence-corrected chi connectivity index (χ3v) is 3.06. The second kappa shape index (κ2) is 8.37. The molecule has 0 fully saturated rings. The highest BCUT2D eigenvalue weighted by molar-refractivity contribution is 5.69. The molecule has 0 aliphatic rings. The summed E-state index contributed by atoms with van der Waals surface area (Å²) in [6, 6.07) is 0. The first-order valence-corrected chi connectivity index (χ1v) is 6.33. The summed E-state index contributed by atoms with van der Waals surface area (Å²) in [4.78, 5) is 10.8. The minimum atomic E-state index is -0.640. The van der Waals surface area contributed by atoms with E-state index in [0.717, 1.165) is 25.7 Å². The summed E-state index contributed by atoms with van der Waals surface area (Å²) in [5, 5.41) is 8.93. The average molecular weight is 226 g/mol. The summed E-state index contributed by atoms with van der Waals surface area (Å²) in [5.74, 6) is -0.158. The van der Waals surface area contributed by atoms with E-state index < -0.39 is 5.97 Å². The van der Waals surface area contributed by atoms with Gasteiger partial charge < -0.3 is 5.11 Å². The minimum absolute atomic E-state index is 0.147. The number of aliphatic carboxylic acids is 1. The molecule has 0 spiro atoms. The molecule has 0 aromatic heterocycles. The molecule has 16 heavy (non-hydrogen) atoms. The van der Waals surface area contributed by atoms with Crippen LogP contribution >= 0.6 is 0 Å². The maximum Gasteiger partial charge on any atom is 0.306 e. The summed E-state index contributed by atoms with van der Waals surface area (Å²) in [5.41, 5.74) is 1.36. The van der Waals surface area contributed by atoms with E-state index in [0.29, 0.717) is 5.92 Å². The van der Waals surface area contributed by atoms with E-state index in [2.05, 4.69) is 26.8 Å². The second-order valence-corrected chi connectivity index (χ2v) is 4.98. The number of rotatable bonds is 8. The van der Waals surface area contributed by atoms with Crippen LogP contribution in [0.25, 0.3) is 0 Å². The minimum Gasteiger partial charge on any atom is -0.481 e. The predicted octanol–water partition coefficient (Wildman–Crippen LogP) is 4.26. The summed E-state index contributed by atoms with van der Waals surface area (Å²) in [7, 11) is 0. The molecule has 0 bridgehead atoms. The van der Waals surface area contributed by atoms with E-state index >= 15 is 0 Å². The lowest BCUT2D eigenvalue weighted by molar-refractivity contribution is -0.142. The van der Waals surface area contributed by atoms with Crippen LogP contribution in [0, 0.1) is 11.8 Å². The summed E-state index contributed by atoms with van der Waals surface area (Å²) in [6.07, 6.45) is 7.14. The highest BCUT2D eigenvalue weighted by Gasteiger charge is 2.15. The molecular weight excluding hydrogens is 200 g/mol. The largest absolute Gasteiger partial charge is 0.481 e. The van der Waals surface area contributed by atoms with E-state index in [9.17, 15) is 4.79 Å². The fourth-order valence-electron chi connectivity index (χ4n) is 1.79. The standard InChI is InChI=1S/C14H26O2/c1-5-13(14(15)16)10-9-12(4)8-6-7-11(2)3/h7,12-13H,5-6,8-10H2,1-4H3,(H,15,16). The molecule has 0 aromatic rings. The Morgan fingerprint density at radius 1 is 1.25 bits per heavy atom. The van der Waals surface area contributed by atoms with Gasteiger partial charge in [-0.1, -0.05) is 25.5 Å². The molecule has 2 nitrogen and oxygen atoms in total. The zero-order valence-electron chi connectivity index (χ0n) is 11.1. The fourth-order valence-corrected chi connectivity index (χ4v) is 1.79. The zero-order chi connectivity index (χ0) is 12.6. The molecule has 0 saturated heterocycles. The van der Waals surface area contributed by atoms with E-state index in [1.54, 1.807) is 0 Å². The van der Waals surface area contributed by atoms with Crippen molar-refractivity contribution in [2.75, 3.05) is 0 Å². The summed E-state index contributed by atoms with van der Waals surface area (Å²) < 4.78 is 0. The molecule has 0 rings (SSSR count). The third-order valence-electron chi connectivity index (χ3n) is 3.06. The first-order chi connectivity index (χ1) is 7.47.